The molecule has 1 aromatic carbocycles. The van der Waals surface area contributed by atoms with Gasteiger partial charge in [0.25, 0.3) is 0 Å². The number of ether oxygens (including phenoxy) is 1. The van der Waals surface area contributed by atoms with Crippen molar-refractivity contribution in [2.24, 2.45) is 0 Å². The van der Waals surface area contributed by atoms with E-state index < -0.39 is 5.82 Å². The van der Waals surface area contributed by atoms with Gasteiger partial charge in [-0.15, -0.1) is 11.3 Å². The number of Topliss-reactive ketones (excluding diaryl/α,β-unsaturated/α-hetero) is 1. The number of benzene rings is 1. The first-order valence-corrected chi connectivity index (χ1v) is 6.47. The van der Waals surface area contributed by atoms with Crippen molar-refractivity contribution in [3.05, 3.63) is 50.9 Å². The Labute approximate surface area is 113 Å². The Morgan fingerprint density at radius 1 is 1.44 bits per heavy atom. The summed E-state index contributed by atoms with van der Waals surface area (Å²) in [5, 5.41) is 2.02. The predicted molar refractivity (Wildman–Crippen MR) is 70.3 cm³/mol. The summed E-state index contributed by atoms with van der Waals surface area (Å²) in [4.78, 5) is 12.5. The fourth-order valence-electron chi connectivity index (χ4n) is 1.60. The van der Waals surface area contributed by atoms with Crippen molar-refractivity contribution in [3.63, 3.8) is 0 Å². The third-order valence-electron chi connectivity index (χ3n) is 2.50. The molecule has 94 valence electrons. The highest BCUT2D eigenvalue weighted by atomic mass is 35.5. The topological polar surface area (TPSA) is 26.3 Å². The standard InChI is InChI=1S/C13H10ClFO2S/c1-17-12-5-6-18-13(12)11(16)7-8-9(14)3-2-4-10(8)15/h2-6H,7H2,1H3. The maximum absolute atomic E-state index is 13.6. The lowest BCUT2D eigenvalue weighted by molar-refractivity contribution is 0.0993. The summed E-state index contributed by atoms with van der Waals surface area (Å²) in [7, 11) is 1.49. The molecule has 0 N–H and O–H groups in total. The van der Waals surface area contributed by atoms with Crippen LogP contribution >= 0.6 is 22.9 Å². The molecule has 0 saturated carbocycles. The molecule has 2 aromatic rings. The predicted octanol–water partition coefficient (Wildman–Crippen LogP) is 3.97. The van der Waals surface area contributed by atoms with Crippen LogP contribution in [0.25, 0.3) is 0 Å². The van der Waals surface area contributed by atoms with Gasteiger partial charge in [-0.1, -0.05) is 17.7 Å². The molecule has 0 aliphatic carbocycles. The third-order valence-corrected chi connectivity index (χ3v) is 3.79. The van der Waals surface area contributed by atoms with Crippen LogP contribution in [0.1, 0.15) is 15.2 Å². The summed E-state index contributed by atoms with van der Waals surface area (Å²) < 4.78 is 18.6. The summed E-state index contributed by atoms with van der Waals surface area (Å²) in [6.07, 6.45) is -0.0671. The number of rotatable bonds is 4. The lowest BCUT2D eigenvalue weighted by atomic mass is 10.1. The molecule has 0 saturated heterocycles. The van der Waals surface area contributed by atoms with Gasteiger partial charge in [0.1, 0.15) is 16.4 Å². The Morgan fingerprint density at radius 3 is 2.89 bits per heavy atom. The maximum Gasteiger partial charge on any atom is 0.181 e. The van der Waals surface area contributed by atoms with Gasteiger partial charge in [0.15, 0.2) is 5.78 Å². The number of carbonyl (C=O) groups excluding carboxylic acids is 1. The zero-order valence-electron chi connectivity index (χ0n) is 9.57. The van der Waals surface area contributed by atoms with E-state index >= 15 is 0 Å². The number of hydrogen-bond donors (Lipinski definition) is 0. The lowest BCUT2D eigenvalue weighted by Crippen LogP contribution is -2.05. The van der Waals surface area contributed by atoms with Gasteiger partial charge in [-0.3, -0.25) is 4.79 Å². The average molecular weight is 285 g/mol. The summed E-state index contributed by atoms with van der Waals surface area (Å²) in [5.74, 6) is -0.155. The van der Waals surface area contributed by atoms with Gasteiger partial charge in [0, 0.05) is 17.0 Å². The number of halogens is 2. The molecule has 0 fully saturated rings. The van der Waals surface area contributed by atoms with Crippen molar-refractivity contribution >= 4 is 28.7 Å². The SMILES string of the molecule is COc1ccsc1C(=O)Cc1c(F)cccc1Cl. The molecule has 0 amide bonds. The molecule has 1 aromatic heterocycles. The van der Waals surface area contributed by atoms with Crippen LogP contribution in [0.2, 0.25) is 5.02 Å². The third kappa shape index (κ3) is 2.54. The fraction of sp³-hybridized carbons (Fsp3) is 0.154. The molecule has 0 radical (unpaired) electrons. The first-order chi connectivity index (χ1) is 8.63. The van der Waals surface area contributed by atoms with Gasteiger partial charge < -0.3 is 4.74 Å². The zero-order valence-corrected chi connectivity index (χ0v) is 11.1. The molecule has 2 nitrogen and oxygen atoms in total. The number of thiophene rings is 1. The van der Waals surface area contributed by atoms with Crippen LogP contribution in [-0.2, 0) is 6.42 Å². The maximum atomic E-state index is 13.6. The highest BCUT2D eigenvalue weighted by Crippen LogP contribution is 2.28. The Hall–Kier alpha value is -1.39. The quantitative estimate of drug-likeness (QED) is 0.794. The molecule has 0 bridgehead atoms. The van der Waals surface area contributed by atoms with Gasteiger partial charge >= 0.3 is 0 Å². The van der Waals surface area contributed by atoms with Gasteiger partial charge in [0.05, 0.1) is 7.11 Å². The van der Waals surface area contributed by atoms with Crippen molar-refractivity contribution < 1.29 is 13.9 Å². The second kappa shape index (κ2) is 5.50. The van der Waals surface area contributed by atoms with E-state index in [4.69, 9.17) is 16.3 Å². The Balaban J connectivity index is 2.27. The van der Waals surface area contributed by atoms with Crippen molar-refractivity contribution in [3.8, 4) is 5.75 Å². The molecular formula is C13H10ClFO2S. The molecule has 1 heterocycles. The molecule has 0 atom stereocenters. The van der Waals surface area contributed by atoms with E-state index in [1.807, 2.05) is 0 Å². The molecule has 0 spiro atoms. The first kappa shape index (κ1) is 13.1. The van der Waals surface area contributed by atoms with Crippen molar-refractivity contribution in [1.82, 2.24) is 0 Å². The molecule has 5 heteroatoms. The van der Waals surface area contributed by atoms with Crippen LogP contribution in [0.4, 0.5) is 4.39 Å². The molecule has 0 aliphatic heterocycles. The highest BCUT2D eigenvalue weighted by Gasteiger charge is 2.17. The van der Waals surface area contributed by atoms with Crippen molar-refractivity contribution in [2.75, 3.05) is 7.11 Å². The smallest absolute Gasteiger partial charge is 0.181 e. The van der Waals surface area contributed by atoms with E-state index in [1.54, 1.807) is 17.5 Å². The van der Waals surface area contributed by atoms with E-state index in [2.05, 4.69) is 0 Å². The van der Waals surface area contributed by atoms with E-state index in [1.165, 1.54) is 30.6 Å². The summed E-state index contributed by atoms with van der Waals surface area (Å²) >= 11 is 7.16. The number of hydrogen-bond acceptors (Lipinski definition) is 3. The van der Waals surface area contributed by atoms with Crippen LogP contribution < -0.4 is 4.74 Å². The molecule has 2 rings (SSSR count). The monoisotopic (exact) mass is 284 g/mol. The minimum absolute atomic E-state index is 0.0671. The van der Waals surface area contributed by atoms with E-state index in [-0.39, 0.29) is 22.8 Å². The average Bonchev–Trinajstić information content (AvgIpc) is 2.82. The highest BCUT2D eigenvalue weighted by molar-refractivity contribution is 7.12. The van der Waals surface area contributed by atoms with Crippen LogP contribution in [0.3, 0.4) is 0 Å². The van der Waals surface area contributed by atoms with E-state index in [0.29, 0.717) is 10.6 Å². The number of carbonyl (C=O) groups is 1. The van der Waals surface area contributed by atoms with Crippen LogP contribution in [-0.4, -0.2) is 12.9 Å². The molecule has 0 aliphatic rings. The molecular weight excluding hydrogens is 275 g/mol. The van der Waals surface area contributed by atoms with Crippen molar-refractivity contribution in [1.29, 1.82) is 0 Å². The summed E-state index contributed by atoms with van der Waals surface area (Å²) in [6.45, 7) is 0. The minimum atomic E-state index is -0.466. The Morgan fingerprint density at radius 2 is 2.22 bits per heavy atom. The number of ketones is 1. The fourth-order valence-corrected chi connectivity index (χ4v) is 2.63. The minimum Gasteiger partial charge on any atom is -0.495 e. The van der Waals surface area contributed by atoms with Crippen LogP contribution in [0.15, 0.2) is 29.6 Å². The van der Waals surface area contributed by atoms with E-state index in [9.17, 15) is 9.18 Å². The second-order valence-electron chi connectivity index (χ2n) is 3.62. The number of methoxy groups -OCH3 is 1. The lowest BCUT2D eigenvalue weighted by Gasteiger charge is -2.05. The molecule has 18 heavy (non-hydrogen) atoms. The largest absolute Gasteiger partial charge is 0.495 e. The Bertz CT molecular complexity index is 560. The van der Waals surface area contributed by atoms with Gasteiger partial charge in [0.2, 0.25) is 0 Å². The normalized spacial score (nSPS) is 10.4. The summed E-state index contributed by atoms with van der Waals surface area (Å²) in [6, 6.07) is 6.08. The molecule has 0 unspecified atom stereocenters. The van der Waals surface area contributed by atoms with Gasteiger partial charge in [-0.05, 0) is 23.6 Å². The van der Waals surface area contributed by atoms with Crippen molar-refractivity contribution in [2.45, 2.75) is 6.42 Å². The Kier molecular flexibility index (Phi) is 3.99. The van der Waals surface area contributed by atoms with Gasteiger partial charge in [-0.25, -0.2) is 4.39 Å². The van der Waals surface area contributed by atoms with Gasteiger partial charge in [-0.2, -0.15) is 0 Å². The first-order valence-electron chi connectivity index (χ1n) is 5.21. The van der Waals surface area contributed by atoms with Crippen LogP contribution in [0.5, 0.6) is 5.75 Å². The van der Waals surface area contributed by atoms with Crippen LogP contribution in [0, 0.1) is 5.82 Å². The van der Waals surface area contributed by atoms with E-state index in [0.717, 1.165) is 0 Å². The summed E-state index contributed by atoms with van der Waals surface area (Å²) in [5.41, 5.74) is 0.222. The zero-order chi connectivity index (χ0) is 13.1. The second-order valence-corrected chi connectivity index (χ2v) is 4.94.